The smallest absolute Gasteiger partial charge is 0.227 e. The zero-order valence-corrected chi connectivity index (χ0v) is 19.7. The number of ether oxygens (including phenoxy) is 1. The normalized spacial score (nSPS) is 24.4. The molecule has 1 aromatic heterocycles. The van der Waals surface area contributed by atoms with Crippen molar-refractivity contribution in [1.82, 2.24) is 19.8 Å². The maximum absolute atomic E-state index is 5.60. The number of piperidine rings is 1. The van der Waals surface area contributed by atoms with Crippen LogP contribution in [-0.4, -0.2) is 84.8 Å². The topological polar surface area (TPSA) is 48.0 Å². The van der Waals surface area contributed by atoms with Crippen LogP contribution in [0.5, 0.6) is 0 Å². The van der Waals surface area contributed by atoms with Gasteiger partial charge in [-0.25, -0.2) is 4.98 Å². The van der Waals surface area contributed by atoms with Gasteiger partial charge in [-0.3, -0.25) is 9.80 Å². The molecule has 176 valence electrons. The standard InChI is InChI=1S/C26H36N6O/c1-2-6-21(7-3-1)18-29-11-9-23-24(20-29)27-26(31-14-16-33-17-15-31)28-25(23)32-13-12-30-10-5-4-8-22(30)19-32/h1-3,6-7,22H,4-5,8-20H2. The molecule has 4 aliphatic heterocycles. The molecule has 0 bridgehead atoms. The molecule has 6 rings (SSSR count). The molecule has 5 heterocycles. The van der Waals surface area contributed by atoms with Gasteiger partial charge in [-0.2, -0.15) is 4.98 Å². The summed E-state index contributed by atoms with van der Waals surface area (Å²) < 4.78 is 5.60. The Morgan fingerprint density at radius 1 is 0.879 bits per heavy atom. The summed E-state index contributed by atoms with van der Waals surface area (Å²) in [4.78, 5) is 20.5. The van der Waals surface area contributed by atoms with Gasteiger partial charge in [0.05, 0.1) is 18.9 Å². The number of hydrogen-bond acceptors (Lipinski definition) is 7. The van der Waals surface area contributed by atoms with E-state index in [1.807, 2.05) is 0 Å². The first kappa shape index (κ1) is 21.3. The number of piperazine rings is 1. The lowest BCUT2D eigenvalue weighted by molar-refractivity contribution is 0.122. The van der Waals surface area contributed by atoms with E-state index in [-0.39, 0.29) is 0 Å². The summed E-state index contributed by atoms with van der Waals surface area (Å²) in [5.74, 6) is 2.12. The Bertz CT molecular complexity index is 947. The van der Waals surface area contributed by atoms with E-state index in [1.165, 1.54) is 48.4 Å². The Hall–Kier alpha value is -2.22. The van der Waals surface area contributed by atoms with E-state index in [1.54, 1.807) is 0 Å². The Morgan fingerprint density at radius 2 is 1.76 bits per heavy atom. The summed E-state index contributed by atoms with van der Waals surface area (Å²) in [7, 11) is 0. The predicted octanol–water partition coefficient (Wildman–Crippen LogP) is 2.55. The average molecular weight is 449 g/mol. The maximum atomic E-state index is 5.60. The van der Waals surface area contributed by atoms with Gasteiger partial charge in [0, 0.05) is 64.0 Å². The molecule has 4 aliphatic rings. The average Bonchev–Trinajstić information content (AvgIpc) is 2.89. The van der Waals surface area contributed by atoms with Crippen LogP contribution in [0.25, 0.3) is 0 Å². The van der Waals surface area contributed by atoms with Crippen LogP contribution >= 0.6 is 0 Å². The lowest BCUT2D eigenvalue weighted by Crippen LogP contribution is -2.55. The van der Waals surface area contributed by atoms with Crippen molar-refractivity contribution in [3.05, 3.63) is 47.2 Å². The highest BCUT2D eigenvalue weighted by Gasteiger charge is 2.33. The van der Waals surface area contributed by atoms with Crippen molar-refractivity contribution in [2.75, 3.05) is 68.8 Å². The molecule has 0 N–H and O–H groups in total. The van der Waals surface area contributed by atoms with E-state index in [0.717, 1.165) is 77.9 Å². The number of aromatic nitrogens is 2. The lowest BCUT2D eigenvalue weighted by atomic mass is 9.98. The first-order valence-corrected chi connectivity index (χ1v) is 12.8. The van der Waals surface area contributed by atoms with Crippen LogP contribution in [-0.2, 0) is 24.2 Å². The highest BCUT2D eigenvalue weighted by atomic mass is 16.5. The number of anilines is 2. The molecule has 0 saturated carbocycles. The van der Waals surface area contributed by atoms with Gasteiger partial charge in [0.2, 0.25) is 5.95 Å². The second-order valence-corrected chi connectivity index (χ2v) is 9.95. The summed E-state index contributed by atoms with van der Waals surface area (Å²) in [6, 6.07) is 11.5. The van der Waals surface area contributed by atoms with Gasteiger partial charge in [-0.1, -0.05) is 36.8 Å². The number of fused-ring (bicyclic) bond motifs is 2. The van der Waals surface area contributed by atoms with Crippen LogP contribution in [0.1, 0.15) is 36.1 Å². The summed E-state index contributed by atoms with van der Waals surface area (Å²) >= 11 is 0. The molecule has 7 nitrogen and oxygen atoms in total. The minimum atomic E-state index is 0.683. The monoisotopic (exact) mass is 448 g/mol. The van der Waals surface area contributed by atoms with E-state index in [0.29, 0.717) is 6.04 Å². The molecule has 0 amide bonds. The second kappa shape index (κ2) is 9.57. The molecule has 1 unspecified atom stereocenters. The molecule has 33 heavy (non-hydrogen) atoms. The third-order valence-electron chi connectivity index (χ3n) is 7.79. The van der Waals surface area contributed by atoms with Gasteiger partial charge in [-0.05, 0) is 31.4 Å². The van der Waals surface area contributed by atoms with Crippen molar-refractivity contribution in [1.29, 1.82) is 0 Å². The number of morpholine rings is 1. The molecule has 2 aromatic rings. The van der Waals surface area contributed by atoms with Crippen LogP contribution < -0.4 is 9.80 Å². The van der Waals surface area contributed by atoms with Gasteiger partial charge in [0.15, 0.2) is 0 Å². The molecule has 0 spiro atoms. The molecule has 3 fully saturated rings. The summed E-state index contributed by atoms with van der Waals surface area (Å²) in [6.07, 6.45) is 5.08. The van der Waals surface area contributed by atoms with E-state index < -0.39 is 0 Å². The van der Waals surface area contributed by atoms with Crippen molar-refractivity contribution in [3.8, 4) is 0 Å². The fourth-order valence-electron chi connectivity index (χ4n) is 5.94. The first-order chi connectivity index (χ1) is 16.3. The van der Waals surface area contributed by atoms with Gasteiger partial charge in [-0.15, -0.1) is 0 Å². The van der Waals surface area contributed by atoms with Crippen LogP contribution in [0.2, 0.25) is 0 Å². The molecule has 0 aliphatic carbocycles. The minimum absolute atomic E-state index is 0.683. The van der Waals surface area contributed by atoms with Crippen molar-refractivity contribution in [2.45, 2.75) is 44.8 Å². The quantitative estimate of drug-likeness (QED) is 0.712. The molecule has 1 aromatic carbocycles. The van der Waals surface area contributed by atoms with Gasteiger partial charge < -0.3 is 14.5 Å². The van der Waals surface area contributed by atoms with Crippen LogP contribution in [0.15, 0.2) is 30.3 Å². The lowest BCUT2D eigenvalue weighted by Gasteiger charge is -2.45. The molecule has 7 heteroatoms. The van der Waals surface area contributed by atoms with Crippen molar-refractivity contribution in [3.63, 3.8) is 0 Å². The fourth-order valence-corrected chi connectivity index (χ4v) is 5.94. The highest BCUT2D eigenvalue weighted by molar-refractivity contribution is 5.55. The molecule has 0 radical (unpaired) electrons. The second-order valence-electron chi connectivity index (χ2n) is 9.95. The Labute approximate surface area is 197 Å². The Balaban J connectivity index is 1.29. The van der Waals surface area contributed by atoms with Crippen LogP contribution in [0.3, 0.4) is 0 Å². The largest absolute Gasteiger partial charge is 0.378 e. The third kappa shape index (κ3) is 4.59. The van der Waals surface area contributed by atoms with Crippen molar-refractivity contribution < 1.29 is 4.74 Å². The summed E-state index contributed by atoms with van der Waals surface area (Å²) in [6.45, 7) is 10.9. The van der Waals surface area contributed by atoms with Crippen molar-refractivity contribution >= 4 is 11.8 Å². The maximum Gasteiger partial charge on any atom is 0.227 e. The minimum Gasteiger partial charge on any atom is -0.378 e. The fraction of sp³-hybridized carbons (Fsp3) is 0.615. The molecular weight excluding hydrogens is 412 g/mol. The molecule has 1 atom stereocenters. The third-order valence-corrected chi connectivity index (χ3v) is 7.79. The van der Waals surface area contributed by atoms with Crippen LogP contribution in [0.4, 0.5) is 11.8 Å². The summed E-state index contributed by atoms with van der Waals surface area (Å²) in [5, 5.41) is 0. The first-order valence-electron chi connectivity index (χ1n) is 12.8. The van der Waals surface area contributed by atoms with Crippen LogP contribution in [0, 0.1) is 0 Å². The number of hydrogen-bond donors (Lipinski definition) is 0. The van der Waals surface area contributed by atoms with E-state index in [9.17, 15) is 0 Å². The Kier molecular flexibility index (Phi) is 6.18. The summed E-state index contributed by atoms with van der Waals surface area (Å²) in [5.41, 5.74) is 3.99. The van der Waals surface area contributed by atoms with Gasteiger partial charge >= 0.3 is 0 Å². The number of benzene rings is 1. The van der Waals surface area contributed by atoms with Gasteiger partial charge in [0.25, 0.3) is 0 Å². The number of nitrogens with zero attached hydrogens (tertiary/aromatic N) is 6. The predicted molar refractivity (Wildman–Crippen MR) is 131 cm³/mol. The van der Waals surface area contributed by atoms with Gasteiger partial charge in [0.1, 0.15) is 5.82 Å². The zero-order chi connectivity index (χ0) is 22.0. The number of rotatable bonds is 4. The SMILES string of the molecule is c1ccc(CN2CCc3c(nc(N4CCOCC4)nc3N3CCN4CCCCC4C3)C2)cc1. The zero-order valence-electron chi connectivity index (χ0n) is 19.7. The van der Waals surface area contributed by atoms with E-state index >= 15 is 0 Å². The van der Waals surface area contributed by atoms with Crippen molar-refractivity contribution in [2.24, 2.45) is 0 Å². The highest BCUT2D eigenvalue weighted by Crippen LogP contribution is 2.32. The molecule has 3 saturated heterocycles. The Morgan fingerprint density at radius 3 is 2.64 bits per heavy atom. The van der Waals surface area contributed by atoms with E-state index in [2.05, 4.69) is 49.9 Å². The van der Waals surface area contributed by atoms with E-state index in [4.69, 9.17) is 14.7 Å². The molecular formula is C26H36N6O.